The van der Waals surface area contributed by atoms with Crippen molar-refractivity contribution in [3.8, 4) is 0 Å². The lowest BCUT2D eigenvalue weighted by molar-refractivity contribution is -0.111. The Hall–Kier alpha value is -0.570. The van der Waals surface area contributed by atoms with Gasteiger partial charge in [0.05, 0.1) is 18.2 Å². The van der Waals surface area contributed by atoms with Gasteiger partial charge in [-0.3, -0.25) is 4.79 Å². The Balaban J connectivity index is 0.000000671. The quantitative estimate of drug-likeness (QED) is 0.665. The zero-order valence-electron chi connectivity index (χ0n) is 9.04. The summed E-state index contributed by atoms with van der Waals surface area (Å²) in [7, 11) is 0. The van der Waals surface area contributed by atoms with Crippen LogP contribution < -0.4 is 5.32 Å². The molecule has 13 heavy (non-hydrogen) atoms. The van der Waals surface area contributed by atoms with Gasteiger partial charge in [-0.25, -0.2) is 0 Å². The number of carbonyl (C=O) groups is 1. The largest absolute Gasteiger partial charge is 0.373 e. The fraction of sp³-hybridized carbons (Fsp3) is 0.900. The summed E-state index contributed by atoms with van der Waals surface area (Å²) in [6.45, 7) is 7.93. The molecule has 0 aromatic rings. The van der Waals surface area contributed by atoms with E-state index in [-0.39, 0.29) is 12.1 Å². The Morgan fingerprint density at radius 3 is 2.31 bits per heavy atom. The van der Waals surface area contributed by atoms with Crippen LogP contribution in [0.1, 0.15) is 40.5 Å². The molecule has 1 aliphatic carbocycles. The van der Waals surface area contributed by atoms with Crippen molar-refractivity contribution in [2.75, 3.05) is 0 Å². The molecule has 0 spiro atoms. The van der Waals surface area contributed by atoms with Crippen molar-refractivity contribution < 1.29 is 9.53 Å². The lowest BCUT2D eigenvalue weighted by Crippen LogP contribution is -2.36. The molecule has 0 saturated heterocycles. The molecule has 78 valence electrons. The summed E-state index contributed by atoms with van der Waals surface area (Å²) in [6, 6.07) is 0.119. The van der Waals surface area contributed by atoms with Crippen LogP contribution in [0, 0.1) is 0 Å². The Labute approximate surface area is 80.8 Å². The van der Waals surface area contributed by atoms with E-state index in [0.29, 0.717) is 6.10 Å². The van der Waals surface area contributed by atoms with Crippen LogP contribution in [0.4, 0.5) is 0 Å². The number of ether oxygens (including phenoxy) is 1. The molecule has 1 N–H and O–H groups in total. The molecule has 1 aliphatic rings. The summed E-state index contributed by atoms with van der Waals surface area (Å²) in [5, 5.41) is 2.67. The van der Waals surface area contributed by atoms with Crippen LogP contribution in [0.3, 0.4) is 0 Å². The normalized spacial score (nSPS) is 19.4. The van der Waals surface area contributed by atoms with Gasteiger partial charge in [0.15, 0.2) is 0 Å². The average molecular weight is 187 g/mol. The monoisotopic (exact) mass is 187 g/mol. The first-order valence-electron chi connectivity index (χ1n) is 5.09. The molecule has 0 aromatic carbocycles. The molecule has 1 saturated carbocycles. The van der Waals surface area contributed by atoms with Crippen LogP contribution in [0.2, 0.25) is 0 Å². The molecule has 3 nitrogen and oxygen atoms in total. The van der Waals surface area contributed by atoms with E-state index in [4.69, 9.17) is 4.74 Å². The van der Waals surface area contributed by atoms with E-state index >= 15 is 0 Å². The summed E-state index contributed by atoms with van der Waals surface area (Å²) >= 11 is 0. The number of rotatable bonds is 5. The third-order valence-corrected chi connectivity index (χ3v) is 1.97. The minimum atomic E-state index is 0.119. The van der Waals surface area contributed by atoms with Crippen LogP contribution in [0.15, 0.2) is 0 Å². The standard InChI is InChI=1S/C8H15NO2.C2H6/c1-6(9-5-10)7(2)11-8-3-4-8;1-2/h5-8H,3-4H2,1-2H3,(H,9,10);1-2H3. The number of amides is 1. The summed E-state index contributed by atoms with van der Waals surface area (Å²) in [4.78, 5) is 10.1. The third-order valence-electron chi connectivity index (χ3n) is 1.97. The van der Waals surface area contributed by atoms with Gasteiger partial charge in [-0.1, -0.05) is 13.8 Å². The lowest BCUT2D eigenvalue weighted by Gasteiger charge is -2.19. The molecular weight excluding hydrogens is 166 g/mol. The molecule has 2 atom stereocenters. The van der Waals surface area contributed by atoms with E-state index in [0.717, 1.165) is 6.41 Å². The van der Waals surface area contributed by atoms with E-state index < -0.39 is 0 Å². The van der Waals surface area contributed by atoms with Gasteiger partial charge in [-0.2, -0.15) is 0 Å². The SMILES string of the molecule is CC.CC(NC=O)C(C)OC1CC1. The second kappa shape index (κ2) is 6.89. The van der Waals surface area contributed by atoms with Crippen molar-refractivity contribution >= 4 is 6.41 Å². The van der Waals surface area contributed by atoms with Crippen molar-refractivity contribution in [3.63, 3.8) is 0 Å². The lowest BCUT2D eigenvalue weighted by atomic mass is 10.2. The molecule has 0 aliphatic heterocycles. The molecule has 1 rings (SSSR count). The Kier molecular flexibility index (Phi) is 6.59. The number of hydrogen-bond acceptors (Lipinski definition) is 2. The van der Waals surface area contributed by atoms with Crippen LogP contribution in [0.5, 0.6) is 0 Å². The van der Waals surface area contributed by atoms with E-state index in [1.54, 1.807) is 0 Å². The van der Waals surface area contributed by atoms with Gasteiger partial charge in [0.1, 0.15) is 0 Å². The molecular formula is C10H21NO2. The second-order valence-corrected chi connectivity index (χ2v) is 3.11. The van der Waals surface area contributed by atoms with Gasteiger partial charge < -0.3 is 10.1 Å². The average Bonchev–Trinajstić information content (AvgIpc) is 2.92. The number of carbonyl (C=O) groups excluding carboxylic acids is 1. The smallest absolute Gasteiger partial charge is 0.207 e. The van der Waals surface area contributed by atoms with Crippen LogP contribution in [-0.2, 0) is 9.53 Å². The maximum absolute atomic E-state index is 10.1. The molecule has 0 radical (unpaired) electrons. The second-order valence-electron chi connectivity index (χ2n) is 3.11. The summed E-state index contributed by atoms with van der Waals surface area (Å²) in [5.74, 6) is 0. The number of hydrogen-bond donors (Lipinski definition) is 1. The van der Waals surface area contributed by atoms with Crippen molar-refractivity contribution in [3.05, 3.63) is 0 Å². The van der Waals surface area contributed by atoms with Gasteiger partial charge in [0.2, 0.25) is 6.41 Å². The number of nitrogens with one attached hydrogen (secondary N) is 1. The van der Waals surface area contributed by atoms with Crippen molar-refractivity contribution in [1.82, 2.24) is 5.32 Å². The van der Waals surface area contributed by atoms with Crippen LogP contribution in [0.25, 0.3) is 0 Å². The van der Waals surface area contributed by atoms with Crippen molar-refractivity contribution in [2.24, 2.45) is 0 Å². The molecule has 2 unspecified atom stereocenters. The van der Waals surface area contributed by atoms with Crippen LogP contribution >= 0.6 is 0 Å². The summed E-state index contributed by atoms with van der Waals surface area (Å²) < 4.78 is 5.55. The fourth-order valence-electron chi connectivity index (χ4n) is 0.868. The first-order valence-corrected chi connectivity index (χ1v) is 5.09. The summed E-state index contributed by atoms with van der Waals surface area (Å²) in [5.41, 5.74) is 0. The molecule has 1 amide bonds. The highest BCUT2D eigenvalue weighted by atomic mass is 16.5. The van der Waals surface area contributed by atoms with E-state index in [1.807, 2.05) is 27.7 Å². The van der Waals surface area contributed by atoms with Gasteiger partial charge in [0, 0.05) is 0 Å². The van der Waals surface area contributed by atoms with Gasteiger partial charge in [-0.15, -0.1) is 0 Å². The minimum absolute atomic E-state index is 0.119. The maximum Gasteiger partial charge on any atom is 0.207 e. The van der Waals surface area contributed by atoms with Gasteiger partial charge in [-0.05, 0) is 26.7 Å². The minimum Gasteiger partial charge on any atom is -0.373 e. The molecule has 0 aromatic heterocycles. The topological polar surface area (TPSA) is 38.3 Å². The predicted octanol–water partition coefficient (Wildman–Crippen LogP) is 1.71. The van der Waals surface area contributed by atoms with E-state index in [1.165, 1.54) is 12.8 Å². The molecule has 3 heteroatoms. The third kappa shape index (κ3) is 5.64. The fourth-order valence-corrected chi connectivity index (χ4v) is 0.868. The van der Waals surface area contributed by atoms with Crippen LogP contribution in [-0.4, -0.2) is 24.7 Å². The van der Waals surface area contributed by atoms with Gasteiger partial charge in [0.25, 0.3) is 0 Å². The maximum atomic E-state index is 10.1. The first kappa shape index (κ1) is 12.4. The molecule has 1 fully saturated rings. The molecule has 0 heterocycles. The molecule has 0 bridgehead atoms. The van der Waals surface area contributed by atoms with Crippen molar-refractivity contribution in [1.29, 1.82) is 0 Å². The first-order chi connectivity index (χ1) is 6.24. The Morgan fingerprint density at radius 2 is 1.92 bits per heavy atom. The Morgan fingerprint density at radius 1 is 1.38 bits per heavy atom. The zero-order valence-corrected chi connectivity index (χ0v) is 9.04. The van der Waals surface area contributed by atoms with Crippen molar-refractivity contribution in [2.45, 2.75) is 58.8 Å². The van der Waals surface area contributed by atoms with E-state index in [2.05, 4.69) is 5.32 Å². The van der Waals surface area contributed by atoms with Gasteiger partial charge >= 0.3 is 0 Å². The highest BCUT2D eigenvalue weighted by molar-refractivity contribution is 5.46. The predicted molar refractivity (Wildman–Crippen MR) is 53.6 cm³/mol. The Bertz CT molecular complexity index is 135. The highest BCUT2D eigenvalue weighted by Crippen LogP contribution is 2.25. The zero-order chi connectivity index (χ0) is 10.3. The highest BCUT2D eigenvalue weighted by Gasteiger charge is 2.26. The van der Waals surface area contributed by atoms with E-state index in [9.17, 15) is 4.79 Å². The summed E-state index contributed by atoms with van der Waals surface area (Å²) in [6.07, 6.45) is 3.67.